The predicted molar refractivity (Wildman–Crippen MR) is 91.9 cm³/mol. The Bertz CT molecular complexity index is 472. The van der Waals surface area contributed by atoms with Crippen LogP contribution in [0.1, 0.15) is 33.1 Å². The maximum Gasteiger partial charge on any atom is 0.156 e. The number of phenolic OH excluding ortho intramolecular Hbond substituents is 1. The van der Waals surface area contributed by atoms with Crippen molar-refractivity contribution in [1.82, 2.24) is 5.48 Å². The SMILES string of the molecule is CC(C)ONC=COCCCCCOc1c(Cl)cc(O)cc1Cl. The molecule has 0 spiro atoms. The van der Waals surface area contributed by atoms with E-state index in [0.29, 0.717) is 29.0 Å². The summed E-state index contributed by atoms with van der Waals surface area (Å²) in [5, 5.41) is 9.95. The van der Waals surface area contributed by atoms with E-state index >= 15 is 0 Å². The van der Waals surface area contributed by atoms with Gasteiger partial charge in [0.15, 0.2) is 5.75 Å². The number of hydroxylamine groups is 1. The molecule has 0 amide bonds. The topological polar surface area (TPSA) is 60.0 Å². The number of unbranched alkanes of at least 4 members (excludes halogenated alkanes) is 2. The van der Waals surface area contributed by atoms with Crippen LogP contribution in [0.2, 0.25) is 10.0 Å². The third kappa shape index (κ3) is 8.79. The van der Waals surface area contributed by atoms with Crippen LogP contribution in [0.25, 0.3) is 0 Å². The Hall–Kier alpha value is -1.30. The van der Waals surface area contributed by atoms with E-state index in [1.54, 1.807) is 12.5 Å². The zero-order valence-electron chi connectivity index (χ0n) is 13.4. The summed E-state index contributed by atoms with van der Waals surface area (Å²) in [6.07, 6.45) is 6.02. The molecule has 23 heavy (non-hydrogen) atoms. The minimum absolute atomic E-state index is 0.0193. The number of hydrogen-bond acceptors (Lipinski definition) is 5. The predicted octanol–water partition coefficient (Wildman–Crippen LogP) is 4.67. The maximum atomic E-state index is 9.34. The second-order valence-corrected chi connectivity index (χ2v) is 5.92. The van der Waals surface area contributed by atoms with E-state index in [2.05, 4.69) is 5.48 Å². The number of phenols is 1. The number of nitrogens with one attached hydrogen (secondary N) is 1. The highest BCUT2D eigenvalue weighted by Crippen LogP contribution is 2.36. The monoisotopic (exact) mass is 363 g/mol. The van der Waals surface area contributed by atoms with Crippen LogP contribution in [-0.4, -0.2) is 24.4 Å². The Balaban J connectivity index is 2.06. The number of halogens is 2. The van der Waals surface area contributed by atoms with Gasteiger partial charge in [-0.3, -0.25) is 10.3 Å². The van der Waals surface area contributed by atoms with Crippen molar-refractivity contribution in [2.75, 3.05) is 13.2 Å². The molecule has 0 unspecified atom stereocenters. The van der Waals surface area contributed by atoms with Gasteiger partial charge in [-0.25, -0.2) is 0 Å². The largest absolute Gasteiger partial charge is 0.508 e. The summed E-state index contributed by atoms with van der Waals surface area (Å²) in [5.41, 5.74) is 2.66. The number of benzene rings is 1. The first kappa shape index (κ1) is 19.7. The number of rotatable bonds is 11. The van der Waals surface area contributed by atoms with Gasteiger partial charge in [0.2, 0.25) is 0 Å². The van der Waals surface area contributed by atoms with E-state index in [4.69, 9.17) is 37.5 Å². The lowest BCUT2D eigenvalue weighted by Gasteiger charge is -2.10. The molecule has 0 aromatic heterocycles. The summed E-state index contributed by atoms with van der Waals surface area (Å²) in [5.74, 6) is 0.424. The molecule has 2 N–H and O–H groups in total. The number of aromatic hydroxyl groups is 1. The van der Waals surface area contributed by atoms with Crippen LogP contribution in [0.5, 0.6) is 11.5 Å². The van der Waals surface area contributed by atoms with Gasteiger partial charge in [0, 0.05) is 12.1 Å². The minimum Gasteiger partial charge on any atom is -0.508 e. The molecule has 5 nitrogen and oxygen atoms in total. The standard InChI is InChI=1S/C16H23Cl2NO4/c1-12(2)23-19-6-9-21-7-4-3-5-8-22-16-14(17)10-13(20)11-15(16)18/h6,9-12,19-20H,3-5,7-8H2,1-2H3. The van der Waals surface area contributed by atoms with Gasteiger partial charge in [-0.15, -0.1) is 0 Å². The smallest absolute Gasteiger partial charge is 0.156 e. The van der Waals surface area contributed by atoms with Crippen LogP contribution in [-0.2, 0) is 9.57 Å². The van der Waals surface area contributed by atoms with Gasteiger partial charge in [0.1, 0.15) is 12.0 Å². The summed E-state index contributed by atoms with van der Waals surface area (Å²) < 4.78 is 10.8. The lowest BCUT2D eigenvalue weighted by molar-refractivity contribution is 0.0194. The van der Waals surface area contributed by atoms with E-state index < -0.39 is 0 Å². The highest BCUT2D eigenvalue weighted by Gasteiger charge is 2.09. The average Bonchev–Trinajstić information content (AvgIpc) is 2.46. The Morgan fingerprint density at radius 2 is 1.78 bits per heavy atom. The third-order valence-electron chi connectivity index (χ3n) is 2.67. The molecule has 0 radical (unpaired) electrons. The van der Waals surface area contributed by atoms with E-state index in [1.165, 1.54) is 12.1 Å². The van der Waals surface area contributed by atoms with E-state index in [0.717, 1.165) is 19.3 Å². The second-order valence-electron chi connectivity index (χ2n) is 5.11. The Labute approximate surface area is 147 Å². The normalized spacial score (nSPS) is 11.2. The fourth-order valence-corrected chi connectivity index (χ4v) is 2.23. The molecule has 1 aromatic carbocycles. The summed E-state index contributed by atoms with van der Waals surface area (Å²) in [6, 6.07) is 2.81. The highest BCUT2D eigenvalue weighted by atomic mass is 35.5. The highest BCUT2D eigenvalue weighted by molar-refractivity contribution is 6.37. The molecule has 0 atom stereocenters. The van der Waals surface area contributed by atoms with Gasteiger partial charge in [-0.05, 0) is 33.1 Å². The molecule has 0 heterocycles. The first-order valence-electron chi connectivity index (χ1n) is 7.49. The molecule has 7 heteroatoms. The summed E-state index contributed by atoms with van der Waals surface area (Å²) in [4.78, 5) is 5.10. The van der Waals surface area contributed by atoms with Crippen molar-refractivity contribution < 1.29 is 19.4 Å². The lowest BCUT2D eigenvalue weighted by Crippen LogP contribution is -2.13. The Morgan fingerprint density at radius 3 is 2.43 bits per heavy atom. The molecule has 130 valence electrons. The van der Waals surface area contributed by atoms with Crippen LogP contribution in [0.3, 0.4) is 0 Å². The summed E-state index contributed by atoms with van der Waals surface area (Å²) in [6.45, 7) is 5.00. The molecule has 0 bridgehead atoms. The molecular weight excluding hydrogens is 341 g/mol. The van der Waals surface area contributed by atoms with Crippen molar-refractivity contribution in [3.63, 3.8) is 0 Å². The number of ether oxygens (including phenoxy) is 2. The summed E-state index contributed by atoms with van der Waals surface area (Å²) >= 11 is 11.9. The van der Waals surface area contributed by atoms with E-state index in [1.807, 2.05) is 13.8 Å². The van der Waals surface area contributed by atoms with Crippen LogP contribution in [0.15, 0.2) is 24.6 Å². The molecule has 0 saturated carbocycles. The van der Waals surface area contributed by atoms with Crippen molar-refractivity contribution in [1.29, 1.82) is 0 Å². The van der Waals surface area contributed by atoms with E-state index in [-0.39, 0.29) is 11.9 Å². The fourth-order valence-electron chi connectivity index (χ4n) is 1.64. The molecule has 0 aliphatic rings. The maximum absolute atomic E-state index is 9.34. The van der Waals surface area contributed by atoms with Crippen molar-refractivity contribution in [2.45, 2.75) is 39.2 Å². The lowest BCUT2D eigenvalue weighted by atomic mass is 10.2. The first-order chi connectivity index (χ1) is 11.0. The van der Waals surface area contributed by atoms with Crippen LogP contribution < -0.4 is 10.2 Å². The van der Waals surface area contributed by atoms with Gasteiger partial charge in [0.25, 0.3) is 0 Å². The Morgan fingerprint density at radius 1 is 1.13 bits per heavy atom. The Kier molecular flexibility index (Phi) is 9.67. The molecule has 0 aliphatic carbocycles. The molecule has 1 aromatic rings. The molecular formula is C16H23Cl2NO4. The van der Waals surface area contributed by atoms with Crippen LogP contribution >= 0.6 is 23.2 Å². The number of hydrogen-bond donors (Lipinski definition) is 2. The van der Waals surface area contributed by atoms with Crippen molar-refractivity contribution in [3.05, 3.63) is 34.6 Å². The van der Waals surface area contributed by atoms with Crippen molar-refractivity contribution in [3.8, 4) is 11.5 Å². The zero-order chi connectivity index (χ0) is 17.1. The molecule has 0 fully saturated rings. The van der Waals surface area contributed by atoms with Crippen molar-refractivity contribution in [2.24, 2.45) is 0 Å². The van der Waals surface area contributed by atoms with Gasteiger partial charge in [0.05, 0.1) is 35.6 Å². The quantitative estimate of drug-likeness (QED) is 0.340. The third-order valence-corrected chi connectivity index (χ3v) is 3.23. The van der Waals surface area contributed by atoms with Gasteiger partial charge < -0.3 is 14.6 Å². The minimum atomic E-state index is 0.0193. The van der Waals surface area contributed by atoms with Crippen LogP contribution in [0, 0.1) is 0 Å². The average molecular weight is 364 g/mol. The molecule has 1 rings (SSSR count). The molecule has 0 aliphatic heterocycles. The zero-order valence-corrected chi connectivity index (χ0v) is 14.9. The second kappa shape index (κ2) is 11.3. The van der Waals surface area contributed by atoms with Gasteiger partial charge in [-0.2, -0.15) is 0 Å². The van der Waals surface area contributed by atoms with Gasteiger partial charge in [-0.1, -0.05) is 23.2 Å². The van der Waals surface area contributed by atoms with Gasteiger partial charge >= 0.3 is 0 Å². The van der Waals surface area contributed by atoms with E-state index in [9.17, 15) is 5.11 Å². The van der Waals surface area contributed by atoms with Crippen molar-refractivity contribution >= 4 is 23.2 Å². The van der Waals surface area contributed by atoms with Crippen LogP contribution in [0.4, 0.5) is 0 Å². The summed E-state index contributed by atoms with van der Waals surface area (Å²) in [7, 11) is 0. The first-order valence-corrected chi connectivity index (χ1v) is 8.25. The molecule has 0 saturated heterocycles. The fraction of sp³-hybridized carbons (Fsp3) is 0.500.